The maximum Gasteiger partial charge on any atom is 0.419 e. The van der Waals surface area contributed by atoms with Crippen molar-refractivity contribution < 1.29 is 17.3 Å². The van der Waals surface area contributed by atoms with Crippen molar-refractivity contribution in [1.82, 2.24) is 4.57 Å². The molecule has 0 unspecified atom stereocenters. The van der Waals surface area contributed by atoms with Crippen LogP contribution in [0.5, 0.6) is 0 Å². The van der Waals surface area contributed by atoms with Crippen molar-refractivity contribution in [2.45, 2.75) is 11.8 Å². The van der Waals surface area contributed by atoms with Gasteiger partial charge in [-0.2, -0.15) is 0 Å². The predicted octanol–water partition coefficient (Wildman–Crippen LogP) is 2.47. The first-order valence-electron chi connectivity index (χ1n) is 8.74. The van der Waals surface area contributed by atoms with Crippen molar-refractivity contribution in [3.63, 3.8) is 0 Å². The number of nitrogens with one attached hydrogen (secondary N) is 2. The predicted molar refractivity (Wildman–Crippen MR) is 109 cm³/mol. The van der Waals surface area contributed by atoms with Gasteiger partial charge >= 0.3 is 11.4 Å². The lowest BCUT2D eigenvalue weighted by molar-refractivity contribution is 0.527. The first kappa shape index (κ1) is 18.8. The highest BCUT2D eigenvalue weighted by atomic mass is 32.2. The summed E-state index contributed by atoms with van der Waals surface area (Å²) in [5, 5.41) is 3.59. The Kier molecular flexibility index (Phi) is 4.42. The van der Waals surface area contributed by atoms with E-state index in [0.717, 1.165) is 0 Å². The van der Waals surface area contributed by atoms with Gasteiger partial charge in [0.15, 0.2) is 11.3 Å². The highest BCUT2D eigenvalue weighted by Crippen LogP contribution is 2.30. The zero-order valence-corrected chi connectivity index (χ0v) is 16.4. The number of rotatable bonds is 5. The Balaban J connectivity index is 1.85. The molecule has 0 atom stereocenters. The first-order valence-corrected chi connectivity index (χ1v) is 10.2. The quantitative estimate of drug-likeness (QED) is 0.480. The van der Waals surface area contributed by atoms with E-state index in [1.54, 1.807) is 24.3 Å². The molecule has 0 saturated carbocycles. The van der Waals surface area contributed by atoms with Gasteiger partial charge in [0.1, 0.15) is 5.58 Å². The topological polar surface area (TPSA) is 124 Å². The fourth-order valence-corrected chi connectivity index (χ4v) is 4.16. The number of fused-ring (bicyclic) bond motifs is 2. The van der Waals surface area contributed by atoms with Crippen molar-refractivity contribution in [3.05, 3.63) is 63.4 Å². The van der Waals surface area contributed by atoms with Crippen LogP contribution in [0.25, 0.3) is 22.1 Å². The van der Waals surface area contributed by atoms with E-state index in [9.17, 15) is 18.0 Å². The summed E-state index contributed by atoms with van der Waals surface area (Å²) >= 11 is 0. The lowest BCUT2D eigenvalue weighted by Gasteiger charge is -2.14. The molecule has 0 aliphatic carbocycles. The molecule has 0 saturated heterocycles. The van der Waals surface area contributed by atoms with Crippen LogP contribution >= 0.6 is 0 Å². The summed E-state index contributed by atoms with van der Waals surface area (Å²) in [6.07, 6.45) is 0. The molecule has 2 heterocycles. The molecule has 0 fully saturated rings. The number of hydrogen-bond donors (Lipinski definition) is 2. The normalized spacial score (nSPS) is 11.8. The van der Waals surface area contributed by atoms with E-state index in [2.05, 4.69) is 10.0 Å². The summed E-state index contributed by atoms with van der Waals surface area (Å²) in [7, 11) is -2.64. The molecule has 0 radical (unpaired) electrons. The SMILES string of the molecule is CCNc1c(NS(=O)(=O)c2ccc3c(c2)oc(=O)n3C)c(=O)oc2ccccc12. The molecule has 9 nitrogen and oxygen atoms in total. The summed E-state index contributed by atoms with van der Waals surface area (Å²) in [6.45, 7) is 2.29. The third-order valence-electron chi connectivity index (χ3n) is 4.48. The van der Waals surface area contributed by atoms with Gasteiger partial charge in [0.25, 0.3) is 10.0 Å². The highest BCUT2D eigenvalue weighted by Gasteiger charge is 2.22. The number of aryl methyl sites for hydroxylation is 1. The molecule has 2 aromatic heterocycles. The van der Waals surface area contributed by atoms with E-state index < -0.39 is 21.4 Å². The molecular formula is C19H17N3O6S. The van der Waals surface area contributed by atoms with Crippen molar-refractivity contribution in [3.8, 4) is 0 Å². The number of aromatic nitrogens is 1. The smallest absolute Gasteiger partial charge is 0.419 e. The average molecular weight is 415 g/mol. The van der Waals surface area contributed by atoms with Gasteiger partial charge in [0, 0.05) is 25.0 Å². The largest absolute Gasteiger partial charge is 0.421 e. The van der Waals surface area contributed by atoms with E-state index in [-0.39, 0.29) is 16.2 Å². The second kappa shape index (κ2) is 6.82. The van der Waals surface area contributed by atoms with E-state index in [4.69, 9.17) is 8.83 Å². The van der Waals surface area contributed by atoms with Crippen LogP contribution in [0.1, 0.15) is 6.92 Å². The average Bonchev–Trinajstić information content (AvgIpc) is 2.98. The van der Waals surface area contributed by atoms with Gasteiger partial charge in [0.2, 0.25) is 0 Å². The van der Waals surface area contributed by atoms with Gasteiger partial charge in [-0.3, -0.25) is 9.29 Å². The standard InChI is InChI=1S/C19H17N3O6S/c1-3-20-16-12-6-4-5-7-14(12)27-18(23)17(16)21-29(25,26)11-8-9-13-15(10-11)28-19(24)22(13)2/h4-10,20-21H,3H2,1-2H3. The molecule has 29 heavy (non-hydrogen) atoms. The van der Waals surface area contributed by atoms with Crippen LogP contribution in [-0.4, -0.2) is 19.5 Å². The fraction of sp³-hybridized carbons (Fsp3) is 0.158. The lowest BCUT2D eigenvalue weighted by atomic mass is 10.2. The molecule has 0 aliphatic rings. The van der Waals surface area contributed by atoms with Crippen molar-refractivity contribution in [1.29, 1.82) is 0 Å². The van der Waals surface area contributed by atoms with Gasteiger partial charge < -0.3 is 14.2 Å². The molecule has 0 aliphatic heterocycles. The Morgan fingerprint density at radius 1 is 1.00 bits per heavy atom. The van der Waals surface area contributed by atoms with Gasteiger partial charge in [-0.25, -0.2) is 18.0 Å². The minimum atomic E-state index is -4.16. The Morgan fingerprint density at radius 3 is 2.52 bits per heavy atom. The first-order chi connectivity index (χ1) is 13.8. The summed E-state index contributed by atoms with van der Waals surface area (Å²) in [5.74, 6) is -0.605. The zero-order valence-electron chi connectivity index (χ0n) is 15.6. The molecule has 10 heteroatoms. The van der Waals surface area contributed by atoms with Crippen molar-refractivity contribution >= 4 is 43.5 Å². The Hall–Kier alpha value is -3.53. The van der Waals surface area contributed by atoms with Gasteiger partial charge in [-0.05, 0) is 31.2 Å². The highest BCUT2D eigenvalue weighted by molar-refractivity contribution is 7.92. The van der Waals surface area contributed by atoms with E-state index in [0.29, 0.717) is 28.7 Å². The molecule has 150 valence electrons. The van der Waals surface area contributed by atoms with Gasteiger partial charge in [0.05, 0.1) is 16.1 Å². The van der Waals surface area contributed by atoms with Crippen LogP contribution in [0.3, 0.4) is 0 Å². The molecule has 2 aromatic carbocycles. The molecule has 2 N–H and O–H groups in total. The number of para-hydroxylation sites is 1. The number of anilines is 2. The minimum absolute atomic E-state index is 0.123. The number of oxazole rings is 1. The molecular weight excluding hydrogens is 398 g/mol. The van der Waals surface area contributed by atoms with Crippen LogP contribution in [0.4, 0.5) is 11.4 Å². The Labute approximate surface area is 164 Å². The Morgan fingerprint density at radius 2 is 1.76 bits per heavy atom. The molecule has 4 rings (SSSR count). The van der Waals surface area contributed by atoms with Crippen LogP contribution in [-0.2, 0) is 17.1 Å². The fourth-order valence-electron chi connectivity index (χ4n) is 3.08. The van der Waals surface area contributed by atoms with Crippen LogP contribution in [0, 0.1) is 0 Å². The number of hydrogen-bond acceptors (Lipinski definition) is 7. The lowest BCUT2D eigenvalue weighted by Crippen LogP contribution is -2.20. The monoisotopic (exact) mass is 415 g/mol. The van der Waals surface area contributed by atoms with E-state index in [1.165, 1.54) is 29.8 Å². The molecule has 0 spiro atoms. The second-order valence-electron chi connectivity index (χ2n) is 6.33. The van der Waals surface area contributed by atoms with Crippen molar-refractivity contribution in [2.24, 2.45) is 7.05 Å². The third kappa shape index (κ3) is 3.17. The van der Waals surface area contributed by atoms with Crippen molar-refractivity contribution in [2.75, 3.05) is 16.6 Å². The maximum absolute atomic E-state index is 12.9. The summed E-state index contributed by atoms with van der Waals surface area (Å²) < 4.78 is 39.8. The summed E-state index contributed by atoms with van der Waals surface area (Å²) in [6, 6.07) is 10.8. The van der Waals surface area contributed by atoms with Crippen LogP contribution in [0.2, 0.25) is 0 Å². The minimum Gasteiger partial charge on any atom is -0.421 e. The van der Waals surface area contributed by atoms with Crippen LogP contribution in [0.15, 0.2) is 65.8 Å². The molecule has 0 amide bonds. The number of benzene rings is 2. The summed E-state index contributed by atoms with van der Waals surface area (Å²) in [5.41, 5.74) is 0.195. The van der Waals surface area contributed by atoms with E-state index in [1.807, 2.05) is 6.92 Å². The number of nitrogens with zero attached hydrogens (tertiary/aromatic N) is 1. The zero-order chi connectivity index (χ0) is 20.8. The van der Waals surface area contributed by atoms with Gasteiger partial charge in [-0.15, -0.1) is 0 Å². The van der Waals surface area contributed by atoms with Crippen LogP contribution < -0.4 is 21.4 Å². The van der Waals surface area contributed by atoms with E-state index >= 15 is 0 Å². The second-order valence-corrected chi connectivity index (χ2v) is 8.01. The maximum atomic E-state index is 12.9. The Bertz CT molecular complexity index is 1460. The van der Waals surface area contributed by atoms with Gasteiger partial charge in [-0.1, -0.05) is 12.1 Å². The molecule has 4 aromatic rings. The number of sulfonamides is 1. The summed E-state index contributed by atoms with van der Waals surface area (Å²) in [4.78, 5) is 24.0. The third-order valence-corrected chi connectivity index (χ3v) is 5.82. The molecule has 0 bridgehead atoms.